The van der Waals surface area contributed by atoms with Crippen LogP contribution in [0.2, 0.25) is 0 Å². The normalized spacial score (nSPS) is 11.6. The summed E-state index contributed by atoms with van der Waals surface area (Å²) in [5, 5.41) is 3.35. The van der Waals surface area contributed by atoms with E-state index in [1.54, 1.807) is 12.2 Å². The van der Waals surface area contributed by atoms with Gasteiger partial charge in [-0.2, -0.15) is 0 Å². The van der Waals surface area contributed by atoms with Crippen molar-refractivity contribution in [1.29, 1.82) is 0 Å². The SMILES string of the molecule is C=Cc1ccc2c(c1)Oc1cc(C=C)ccc1N2. The molecule has 1 aliphatic rings. The van der Waals surface area contributed by atoms with Crippen molar-refractivity contribution in [2.45, 2.75) is 0 Å². The molecule has 0 aliphatic carbocycles. The van der Waals surface area contributed by atoms with E-state index < -0.39 is 0 Å². The first-order chi connectivity index (χ1) is 8.80. The smallest absolute Gasteiger partial charge is 0.151 e. The van der Waals surface area contributed by atoms with Crippen molar-refractivity contribution in [1.82, 2.24) is 0 Å². The summed E-state index contributed by atoms with van der Waals surface area (Å²) in [6.07, 6.45) is 3.61. The van der Waals surface area contributed by atoms with Crippen LogP contribution in [0.1, 0.15) is 11.1 Å². The second kappa shape index (κ2) is 4.08. The van der Waals surface area contributed by atoms with Crippen LogP contribution in [0.5, 0.6) is 11.5 Å². The third kappa shape index (κ3) is 1.68. The lowest BCUT2D eigenvalue weighted by molar-refractivity contribution is 0.481. The van der Waals surface area contributed by atoms with Gasteiger partial charge >= 0.3 is 0 Å². The van der Waals surface area contributed by atoms with E-state index in [0.29, 0.717) is 0 Å². The van der Waals surface area contributed by atoms with E-state index in [9.17, 15) is 0 Å². The molecule has 0 saturated carbocycles. The first-order valence-electron chi connectivity index (χ1n) is 5.78. The summed E-state index contributed by atoms with van der Waals surface area (Å²) < 4.78 is 5.90. The largest absolute Gasteiger partial charge is 0.453 e. The van der Waals surface area contributed by atoms with E-state index in [1.165, 1.54) is 0 Å². The molecule has 18 heavy (non-hydrogen) atoms. The fourth-order valence-electron chi connectivity index (χ4n) is 1.97. The predicted octanol–water partition coefficient (Wildman–Crippen LogP) is 4.82. The number of hydrogen-bond donors (Lipinski definition) is 1. The Balaban J connectivity index is 2.06. The van der Waals surface area contributed by atoms with Crippen molar-refractivity contribution in [2.24, 2.45) is 0 Å². The summed E-state index contributed by atoms with van der Waals surface area (Å²) >= 11 is 0. The van der Waals surface area contributed by atoms with Crippen molar-refractivity contribution in [3.63, 3.8) is 0 Å². The third-order valence-corrected chi connectivity index (χ3v) is 2.97. The van der Waals surface area contributed by atoms with Crippen LogP contribution in [0, 0.1) is 0 Å². The lowest BCUT2D eigenvalue weighted by Crippen LogP contribution is -2.03. The topological polar surface area (TPSA) is 21.3 Å². The van der Waals surface area contributed by atoms with Gasteiger partial charge in [-0.25, -0.2) is 0 Å². The van der Waals surface area contributed by atoms with E-state index in [2.05, 4.69) is 18.5 Å². The van der Waals surface area contributed by atoms with Crippen LogP contribution >= 0.6 is 0 Å². The maximum atomic E-state index is 5.90. The monoisotopic (exact) mass is 235 g/mol. The number of benzene rings is 2. The van der Waals surface area contributed by atoms with E-state index in [0.717, 1.165) is 34.0 Å². The highest BCUT2D eigenvalue weighted by Crippen LogP contribution is 2.42. The first kappa shape index (κ1) is 10.7. The van der Waals surface area contributed by atoms with Gasteiger partial charge in [-0.15, -0.1) is 0 Å². The molecule has 0 atom stereocenters. The molecule has 0 saturated heterocycles. The molecule has 0 bridgehead atoms. The molecule has 0 amide bonds. The van der Waals surface area contributed by atoms with Gasteiger partial charge in [0.2, 0.25) is 0 Å². The Morgan fingerprint density at radius 2 is 1.33 bits per heavy atom. The molecular formula is C16H13NO. The highest BCUT2D eigenvalue weighted by Gasteiger charge is 2.16. The fraction of sp³-hybridized carbons (Fsp3) is 0. The molecule has 1 N–H and O–H groups in total. The Labute approximate surface area is 106 Å². The third-order valence-electron chi connectivity index (χ3n) is 2.97. The number of hydrogen-bond acceptors (Lipinski definition) is 2. The zero-order valence-corrected chi connectivity index (χ0v) is 9.94. The van der Waals surface area contributed by atoms with Crippen LogP contribution in [-0.2, 0) is 0 Å². The summed E-state index contributed by atoms with van der Waals surface area (Å²) in [5.74, 6) is 1.64. The fourth-order valence-corrected chi connectivity index (χ4v) is 1.97. The molecule has 0 fully saturated rings. The van der Waals surface area contributed by atoms with Crippen LogP contribution in [-0.4, -0.2) is 0 Å². The summed E-state index contributed by atoms with van der Waals surface area (Å²) in [6.45, 7) is 7.52. The minimum atomic E-state index is 0.820. The number of nitrogens with one attached hydrogen (secondary N) is 1. The quantitative estimate of drug-likeness (QED) is 0.687. The van der Waals surface area contributed by atoms with Crippen molar-refractivity contribution < 1.29 is 4.74 Å². The molecule has 0 spiro atoms. The van der Waals surface area contributed by atoms with Crippen molar-refractivity contribution in [3.8, 4) is 11.5 Å². The van der Waals surface area contributed by atoms with E-state index in [4.69, 9.17) is 4.74 Å². The number of ether oxygens (including phenoxy) is 1. The van der Waals surface area contributed by atoms with Gasteiger partial charge in [0.15, 0.2) is 11.5 Å². The predicted molar refractivity (Wildman–Crippen MR) is 76.4 cm³/mol. The Kier molecular flexibility index (Phi) is 2.41. The van der Waals surface area contributed by atoms with Gasteiger partial charge in [-0.3, -0.25) is 0 Å². The standard InChI is InChI=1S/C16H13NO/c1-3-11-5-7-13-15(9-11)18-16-10-12(4-2)6-8-14(16)17-13/h3-10,17H,1-2H2. The highest BCUT2D eigenvalue weighted by atomic mass is 16.5. The van der Waals surface area contributed by atoms with Crippen molar-refractivity contribution in [2.75, 3.05) is 5.32 Å². The van der Waals surface area contributed by atoms with Crippen molar-refractivity contribution >= 4 is 23.5 Å². The molecule has 2 aromatic rings. The van der Waals surface area contributed by atoms with E-state index >= 15 is 0 Å². The molecule has 88 valence electrons. The Hall–Kier alpha value is -2.48. The van der Waals surface area contributed by atoms with Crippen LogP contribution in [0.25, 0.3) is 12.2 Å². The lowest BCUT2D eigenvalue weighted by atomic mass is 10.1. The molecule has 2 aromatic carbocycles. The van der Waals surface area contributed by atoms with Gasteiger partial charge in [0, 0.05) is 0 Å². The van der Waals surface area contributed by atoms with Crippen LogP contribution < -0.4 is 10.1 Å². The summed E-state index contributed by atoms with van der Waals surface area (Å²) in [6, 6.07) is 11.9. The molecule has 3 rings (SSSR count). The zero-order chi connectivity index (χ0) is 12.5. The second-order valence-electron chi connectivity index (χ2n) is 4.15. The molecule has 2 heteroatoms. The molecule has 0 radical (unpaired) electrons. The van der Waals surface area contributed by atoms with E-state index in [-0.39, 0.29) is 0 Å². The maximum absolute atomic E-state index is 5.90. The van der Waals surface area contributed by atoms with Gasteiger partial charge in [0.1, 0.15) is 0 Å². The number of fused-ring (bicyclic) bond motifs is 2. The molecule has 2 nitrogen and oxygen atoms in total. The van der Waals surface area contributed by atoms with Crippen LogP contribution in [0.15, 0.2) is 49.6 Å². The first-order valence-corrected chi connectivity index (χ1v) is 5.78. The molecular weight excluding hydrogens is 222 g/mol. The molecule has 0 aromatic heterocycles. The average molecular weight is 235 g/mol. The summed E-state index contributed by atoms with van der Waals surface area (Å²) in [5.41, 5.74) is 4.02. The van der Waals surface area contributed by atoms with E-state index in [1.807, 2.05) is 36.4 Å². The van der Waals surface area contributed by atoms with Gasteiger partial charge in [0.25, 0.3) is 0 Å². The molecule has 0 unspecified atom stereocenters. The second-order valence-corrected chi connectivity index (χ2v) is 4.15. The van der Waals surface area contributed by atoms with Gasteiger partial charge in [0.05, 0.1) is 11.4 Å². The number of anilines is 2. The molecule has 1 aliphatic heterocycles. The lowest BCUT2D eigenvalue weighted by Gasteiger charge is -2.22. The maximum Gasteiger partial charge on any atom is 0.151 e. The minimum Gasteiger partial charge on any atom is -0.453 e. The zero-order valence-electron chi connectivity index (χ0n) is 9.94. The van der Waals surface area contributed by atoms with Gasteiger partial charge < -0.3 is 10.1 Å². The Bertz CT molecular complexity index is 588. The minimum absolute atomic E-state index is 0.820. The Morgan fingerprint density at radius 1 is 0.833 bits per heavy atom. The summed E-state index contributed by atoms with van der Waals surface area (Å²) in [7, 11) is 0. The van der Waals surface area contributed by atoms with Gasteiger partial charge in [-0.1, -0.05) is 37.4 Å². The van der Waals surface area contributed by atoms with Crippen molar-refractivity contribution in [3.05, 3.63) is 60.7 Å². The highest BCUT2D eigenvalue weighted by molar-refractivity contribution is 5.78. The number of rotatable bonds is 2. The average Bonchev–Trinajstić information content (AvgIpc) is 2.43. The Morgan fingerprint density at radius 3 is 1.78 bits per heavy atom. The molecule has 1 heterocycles. The summed E-state index contributed by atoms with van der Waals surface area (Å²) in [4.78, 5) is 0. The van der Waals surface area contributed by atoms with Crippen LogP contribution in [0.4, 0.5) is 11.4 Å². The van der Waals surface area contributed by atoms with Crippen LogP contribution in [0.3, 0.4) is 0 Å². The van der Waals surface area contributed by atoms with Gasteiger partial charge in [-0.05, 0) is 35.4 Å².